The summed E-state index contributed by atoms with van der Waals surface area (Å²) in [4.78, 5) is 3.56. The molecule has 0 unspecified atom stereocenters. The molecule has 1 aromatic rings. The largest absolute Gasteiger partial charge is 0.397 e. The Balaban J connectivity index is 3.21. The van der Waals surface area contributed by atoms with Crippen LogP contribution in [0.5, 0.6) is 0 Å². The molecule has 0 saturated carbocycles. The standard InChI is InChI=1S/C6H6F2IN3/c7-5(8)3-1-2(10)4(11)6(9)12-3/h1,5H,11H2,(H2,10,12). The number of alkyl halides is 2. The van der Waals surface area contributed by atoms with Crippen molar-refractivity contribution in [3.8, 4) is 0 Å². The van der Waals surface area contributed by atoms with E-state index in [4.69, 9.17) is 11.5 Å². The lowest BCUT2D eigenvalue weighted by atomic mass is 10.3. The lowest BCUT2D eigenvalue weighted by Gasteiger charge is -2.05. The predicted molar refractivity (Wildman–Crippen MR) is 50.7 cm³/mol. The van der Waals surface area contributed by atoms with Crippen LogP contribution in [-0.4, -0.2) is 4.98 Å². The number of halogens is 3. The molecule has 0 aromatic carbocycles. The van der Waals surface area contributed by atoms with E-state index in [-0.39, 0.29) is 17.1 Å². The summed E-state index contributed by atoms with van der Waals surface area (Å²) in [5, 5.41) is 0. The van der Waals surface area contributed by atoms with Crippen molar-refractivity contribution in [3.63, 3.8) is 0 Å². The summed E-state index contributed by atoms with van der Waals surface area (Å²) in [6.07, 6.45) is -2.61. The Morgan fingerprint density at radius 3 is 2.42 bits per heavy atom. The van der Waals surface area contributed by atoms with Crippen molar-refractivity contribution >= 4 is 34.0 Å². The Morgan fingerprint density at radius 2 is 2.00 bits per heavy atom. The molecule has 12 heavy (non-hydrogen) atoms. The van der Waals surface area contributed by atoms with Gasteiger partial charge in [0.2, 0.25) is 0 Å². The molecular formula is C6H6F2IN3. The third kappa shape index (κ3) is 1.74. The summed E-state index contributed by atoms with van der Waals surface area (Å²) < 4.78 is 24.5. The number of hydrogen-bond donors (Lipinski definition) is 2. The summed E-state index contributed by atoms with van der Waals surface area (Å²) in [7, 11) is 0. The quantitative estimate of drug-likeness (QED) is 0.610. The second-order valence-electron chi connectivity index (χ2n) is 2.14. The van der Waals surface area contributed by atoms with E-state index < -0.39 is 6.43 Å². The Bertz CT molecular complexity index is 280. The average molecular weight is 285 g/mol. The van der Waals surface area contributed by atoms with Crippen LogP contribution in [0.15, 0.2) is 6.07 Å². The van der Waals surface area contributed by atoms with Crippen LogP contribution in [0.4, 0.5) is 20.2 Å². The minimum Gasteiger partial charge on any atom is -0.397 e. The summed E-state index contributed by atoms with van der Waals surface area (Å²) in [5.41, 5.74) is 10.8. The molecule has 1 rings (SSSR count). The SMILES string of the molecule is Nc1cc(C(F)F)nc(I)c1N. The molecular weight excluding hydrogens is 279 g/mol. The third-order valence-corrected chi connectivity index (χ3v) is 2.11. The van der Waals surface area contributed by atoms with Crippen molar-refractivity contribution < 1.29 is 8.78 Å². The maximum atomic E-state index is 12.1. The Labute approximate surface area is 81.3 Å². The molecule has 0 amide bonds. The van der Waals surface area contributed by atoms with Gasteiger partial charge in [-0.1, -0.05) is 0 Å². The number of nitrogen functional groups attached to an aromatic ring is 2. The van der Waals surface area contributed by atoms with Gasteiger partial charge in [-0.25, -0.2) is 13.8 Å². The first-order valence-electron chi connectivity index (χ1n) is 3.02. The zero-order chi connectivity index (χ0) is 9.30. The van der Waals surface area contributed by atoms with Crippen molar-refractivity contribution in [1.29, 1.82) is 0 Å². The van der Waals surface area contributed by atoms with Crippen molar-refractivity contribution in [2.75, 3.05) is 11.5 Å². The topological polar surface area (TPSA) is 64.9 Å². The van der Waals surface area contributed by atoms with Gasteiger partial charge in [0, 0.05) is 0 Å². The lowest BCUT2D eigenvalue weighted by Crippen LogP contribution is -2.03. The molecule has 0 bridgehead atoms. The molecule has 0 saturated heterocycles. The minimum absolute atomic E-state index is 0.143. The third-order valence-electron chi connectivity index (χ3n) is 1.29. The van der Waals surface area contributed by atoms with Crippen LogP contribution >= 0.6 is 22.6 Å². The Hall–Kier alpha value is -0.660. The molecule has 0 aliphatic rings. The first-order chi connectivity index (χ1) is 5.52. The fourth-order valence-corrected chi connectivity index (χ4v) is 1.26. The van der Waals surface area contributed by atoms with Gasteiger partial charge in [0.05, 0.1) is 11.4 Å². The summed E-state index contributed by atoms with van der Waals surface area (Å²) in [6, 6.07) is 1.09. The highest BCUT2D eigenvalue weighted by molar-refractivity contribution is 14.1. The molecule has 0 fully saturated rings. The minimum atomic E-state index is -2.61. The van der Waals surface area contributed by atoms with Crippen LogP contribution in [0, 0.1) is 3.70 Å². The highest BCUT2D eigenvalue weighted by atomic mass is 127. The van der Waals surface area contributed by atoms with E-state index in [9.17, 15) is 8.78 Å². The number of nitrogens with zero attached hydrogens (tertiary/aromatic N) is 1. The van der Waals surface area contributed by atoms with E-state index in [1.807, 2.05) is 0 Å². The normalized spacial score (nSPS) is 10.7. The van der Waals surface area contributed by atoms with Crippen LogP contribution in [0.25, 0.3) is 0 Å². The Morgan fingerprint density at radius 1 is 1.42 bits per heavy atom. The lowest BCUT2D eigenvalue weighted by molar-refractivity contribution is 0.146. The van der Waals surface area contributed by atoms with Crippen LogP contribution in [-0.2, 0) is 0 Å². The van der Waals surface area contributed by atoms with Gasteiger partial charge in [0.15, 0.2) is 0 Å². The Kier molecular flexibility index (Phi) is 2.65. The predicted octanol–water partition coefficient (Wildman–Crippen LogP) is 1.79. The maximum Gasteiger partial charge on any atom is 0.280 e. The van der Waals surface area contributed by atoms with E-state index in [1.165, 1.54) is 0 Å². The monoisotopic (exact) mass is 285 g/mol. The summed E-state index contributed by atoms with van der Waals surface area (Å²) >= 11 is 1.76. The summed E-state index contributed by atoms with van der Waals surface area (Å²) in [5.74, 6) is 0. The van der Waals surface area contributed by atoms with Gasteiger partial charge >= 0.3 is 0 Å². The molecule has 1 aromatic heterocycles. The van der Waals surface area contributed by atoms with Crippen LogP contribution in [0.2, 0.25) is 0 Å². The van der Waals surface area contributed by atoms with Gasteiger partial charge in [-0.2, -0.15) is 0 Å². The second-order valence-corrected chi connectivity index (χ2v) is 3.16. The molecule has 0 spiro atoms. The van der Waals surface area contributed by atoms with Crippen LogP contribution < -0.4 is 11.5 Å². The fraction of sp³-hybridized carbons (Fsp3) is 0.167. The molecule has 0 aliphatic carbocycles. The molecule has 6 heteroatoms. The van der Waals surface area contributed by atoms with E-state index in [2.05, 4.69) is 4.98 Å². The van der Waals surface area contributed by atoms with Gasteiger partial charge < -0.3 is 11.5 Å². The van der Waals surface area contributed by atoms with Crippen molar-refractivity contribution in [1.82, 2.24) is 4.98 Å². The highest BCUT2D eigenvalue weighted by Gasteiger charge is 2.12. The van der Waals surface area contributed by atoms with E-state index >= 15 is 0 Å². The first kappa shape index (κ1) is 9.43. The number of anilines is 2. The molecule has 0 radical (unpaired) electrons. The first-order valence-corrected chi connectivity index (χ1v) is 4.09. The van der Waals surface area contributed by atoms with Gasteiger partial charge in [0.1, 0.15) is 9.39 Å². The molecule has 66 valence electrons. The van der Waals surface area contributed by atoms with Gasteiger partial charge in [-0.05, 0) is 28.7 Å². The molecule has 0 aliphatic heterocycles. The van der Waals surface area contributed by atoms with Gasteiger partial charge in [-0.3, -0.25) is 0 Å². The molecule has 1 heterocycles. The van der Waals surface area contributed by atoms with Crippen molar-refractivity contribution in [3.05, 3.63) is 15.5 Å². The number of hydrogen-bond acceptors (Lipinski definition) is 3. The van der Waals surface area contributed by atoms with Crippen LogP contribution in [0.3, 0.4) is 0 Å². The zero-order valence-electron chi connectivity index (χ0n) is 5.89. The van der Waals surface area contributed by atoms with Crippen molar-refractivity contribution in [2.45, 2.75) is 6.43 Å². The van der Waals surface area contributed by atoms with Gasteiger partial charge in [-0.15, -0.1) is 0 Å². The molecule has 0 atom stereocenters. The van der Waals surface area contributed by atoms with E-state index in [1.54, 1.807) is 22.6 Å². The maximum absolute atomic E-state index is 12.1. The number of aromatic nitrogens is 1. The number of nitrogens with two attached hydrogens (primary N) is 2. The fourth-order valence-electron chi connectivity index (χ4n) is 0.674. The van der Waals surface area contributed by atoms with Crippen LogP contribution in [0.1, 0.15) is 12.1 Å². The smallest absolute Gasteiger partial charge is 0.280 e. The zero-order valence-corrected chi connectivity index (χ0v) is 8.05. The van der Waals surface area contributed by atoms with Gasteiger partial charge in [0.25, 0.3) is 6.43 Å². The molecule has 4 N–H and O–H groups in total. The van der Waals surface area contributed by atoms with E-state index in [0.29, 0.717) is 3.70 Å². The highest BCUT2D eigenvalue weighted by Crippen LogP contribution is 2.25. The number of pyridine rings is 1. The number of rotatable bonds is 1. The van der Waals surface area contributed by atoms with E-state index in [0.717, 1.165) is 6.07 Å². The van der Waals surface area contributed by atoms with Crippen molar-refractivity contribution in [2.24, 2.45) is 0 Å². The summed E-state index contributed by atoms with van der Waals surface area (Å²) in [6.45, 7) is 0. The molecule has 3 nitrogen and oxygen atoms in total. The average Bonchev–Trinajstić information content (AvgIpc) is 1.99. The second kappa shape index (κ2) is 3.38.